The van der Waals surface area contributed by atoms with Gasteiger partial charge in [-0.3, -0.25) is 9.89 Å². The molecule has 3 rings (SSSR count). The molecule has 0 radical (unpaired) electrons. The summed E-state index contributed by atoms with van der Waals surface area (Å²) >= 11 is 1.57. The number of nitrogens with one attached hydrogen (secondary N) is 2. The lowest BCUT2D eigenvalue weighted by molar-refractivity contribution is 0.0935. The molecule has 3 aromatic rings. The first kappa shape index (κ1) is 15.4. The van der Waals surface area contributed by atoms with Crippen LogP contribution in [0.15, 0.2) is 47.8 Å². The lowest BCUT2D eigenvalue weighted by Gasteiger charge is -2.13. The minimum atomic E-state index is -0.270. The molecule has 2 heterocycles. The fourth-order valence-electron chi connectivity index (χ4n) is 2.34. The number of aromatic nitrogens is 2. The summed E-state index contributed by atoms with van der Waals surface area (Å²) in [5, 5.41) is 11.7. The molecule has 1 aromatic carbocycles. The van der Waals surface area contributed by atoms with Crippen LogP contribution in [0.4, 0.5) is 4.39 Å². The maximum atomic E-state index is 13.6. The molecule has 1 unspecified atom stereocenters. The van der Waals surface area contributed by atoms with Gasteiger partial charge in [-0.1, -0.05) is 24.3 Å². The quantitative estimate of drug-likeness (QED) is 0.751. The van der Waals surface area contributed by atoms with Gasteiger partial charge in [0.1, 0.15) is 5.82 Å². The Kier molecular flexibility index (Phi) is 4.52. The van der Waals surface area contributed by atoms with Crippen molar-refractivity contribution in [2.45, 2.75) is 19.4 Å². The molecule has 0 fully saturated rings. The van der Waals surface area contributed by atoms with Gasteiger partial charge in [-0.2, -0.15) is 5.10 Å². The van der Waals surface area contributed by atoms with E-state index in [0.717, 1.165) is 10.6 Å². The molecule has 0 saturated carbocycles. The summed E-state index contributed by atoms with van der Waals surface area (Å²) in [7, 11) is 0. The molecule has 2 aromatic heterocycles. The summed E-state index contributed by atoms with van der Waals surface area (Å²) in [4.78, 5) is 13.3. The van der Waals surface area contributed by atoms with Crippen LogP contribution in [-0.4, -0.2) is 22.1 Å². The Morgan fingerprint density at radius 3 is 2.91 bits per heavy atom. The molecule has 118 valence electrons. The van der Waals surface area contributed by atoms with Gasteiger partial charge in [-0.15, -0.1) is 11.3 Å². The minimum Gasteiger partial charge on any atom is -0.348 e. The highest BCUT2D eigenvalue weighted by molar-refractivity contribution is 7.13. The molecule has 2 N–H and O–H groups in total. The summed E-state index contributed by atoms with van der Waals surface area (Å²) in [5.74, 6) is -0.527. The molecule has 0 saturated heterocycles. The molecule has 1 atom stereocenters. The zero-order valence-electron chi connectivity index (χ0n) is 12.5. The summed E-state index contributed by atoms with van der Waals surface area (Å²) in [6.45, 7) is 1.84. The molecule has 23 heavy (non-hydrogen) atoms. The number of rotatable bonds is 5. The van der Waals surface area contributed by atoms with E-state index in [0.29, 0.717) is 17.7 Å². The number of hydrogen-bond donors (Lipinski definition) is 2. The largest absolute Gasteiger partial charge is 0.348 e. The van der Waals surface area contributed by atoms with Crippen LogP contribution in [0.25, 0.3) is 10.6 Å². The second-order valence-corrected chi connectivity index (χ2v) is 6.26. The van der Waals surface area contributed by atoms with Crippen LogP contribution in [0, 0.1) is 5.82 Å². The fourth-order valence-corrected chi connectivity index (χ4v) is 3.03. The van der Waals surface area contributed by atoms with E-state index >= 15 is 0 Å². The predicted molar refractivity (Wildman–Crippen MR) is 88.9 cm³/mol. The van der Waals surface area contributed by atoms with Gasteiger partial charge in [0.2, 0.25) is 0 Å². The number of nitrogens with zero attached hydrogens (tertiary/aromatic N) is 1. The lowest BCUT2D eigenvalue weighted by Crippen LogP contribution is -2.34. The third-order valence-corrected chi connectivity index (χ3v) is 4.36. The van der Waals surface area contributed by atoms with Crippen LogP contribution < -0.4 is 5.32 Å². The second kappa shape index (κ2) is 6.75. The van der Waals surface area contributed by atoms with E-state index in [9.17, 15) is 9.18 Å². The van der Waals surface area contributed by atoms with Crippen molar-refractivity contribution in [2.24, 2.45) is 0 Å². The maximum absolute atomic E-state index is 13.6. The van der Waals surface area contributed by atoms with Gasteiger partial charge in [0.05, 0.1) is 10.6 Å². The smallest absolute Gasteiger partial charge is 0.272 e. The van der Waals surface area contributed by atoms with Gasteiger partial charge in [0.25, 0.3) is 5.91 Å². The number of benzene rings is 1. The Labute approximate surface area is 137 Å². The van der Waals surface area contributed by atoms with E-state index in [1.807, 2.05) is 24.4 Å². The second-order valence-electron chi connectivity index (χ2n) is 5.31. The minimum absolute atomic E-state index is 0.193. The van der Waals surface area contributed by atoms with Crippen LogP contribution in [-0.2, 0) is 6.42 Å². The summed E-state index contributed by atoms with van der Waals surface area (Å²) in [6.07, 6.45) is 0.431. The highest BCUT2D eigenvalue weighted by atomic mass is 32.1. The standard InChI is InChI=1S/C17H16FN3OS/c1-11(9-12-5-2-3-6-13(12)18)19-17(22)15-10-14(20-21-15)16-7-4-8-23-16/h2-8,10-11H,9H2,1H3,(H,19,22)(H,20,21). The molecule has 1 amide bonds. The first-order chi connectivity index (χ1) is 11.1. The van der Waals surface area contributed by atoms with Crippen LogP contribution >= 0.6 is 11.3 Å². The summed E-state index contributed by atoms with van der Waals surface area (Å²) in [6, 6.07) is 12.0. The molecule has 4 nitrogen and oxygen atoms in total. The third-order valence-electron chi connectivity index (χ3n) is 3.46. The van der Waals surface area contributed by atoms with Crippen LogP contribution in [0.5, 0.6) is 0 Å². The Bertz CT molecular complexity index is 798. The SMILES string of the molecule is CC(Cc1ccccc1F)NC(=O)c1cc(-c2cccs2)[nH]n1. The summed E-state index contributed by atoms with van der Waals surface area (Å²) < 4.78 is 13.6. The normalized spacial score (nSPS) is 12.1. The number of halogens is 1. The molecule has 0 aliphatic heterocycles. The van der Waals surface area contributed by atoms with E-state index in [2.05, 4.69) is 15.5 Å². The number of aromatic amines is 1. The number of amides is 1. The van der Waals surface area contributed by atoms with E-state index in [-0.39, 0.29) is 17.8 Å². The highest BCUT2D eigenvalue weighted by Crippen LogP contribution is 2.22. The molecule has 0 aliphatic carbocycles. The molecular formula is C17H16FN3OS. The Hall–Kier alpha value is -2.47. The van der Waals surface area contributed by atoms with Crippen molar-refractivity contribution in [1.82, 2.24) is 15.5 Å². The lowest BCUT2D eigenvalue weighted by atomic mass is 10.1. The number of thiophene rings is 1. The predicted octanol–water partition coefficient (Wildman–Crippen LogP) is 3.64. The van der Waals surface area contributed by atoms with Gasteiger partial charge in [-0.25, -0.2) is 4.39 Å². The Morgan fingerprint density at radius 2 is 2.17 bits per heavy atom. The first-order valence-electron chi connectivity index (χ1n) is 7.27. The van der Waals surface area contributed by atoms with E-state index in [4.69, 9.17) is 0 Å². The monoisotopic (exact) mass is 329 g/mol. The molecule has 6 heteroatoms. The van der Waals surface area contributed by atoms with Gasteiger partial charge in [0.15, 0.2) is 5.69 Å². The van der Waals surface area contributed by atoms with Crippen LogP contribution in [0.2, 0.25) is 0 Å². The topological polar surface area (TPSA) is 57.8 Å². The van der Waals surface area contributed by atoms with Crippen molar-refractivity contribution in [3.8, 4) is 10.6 Å². The van der Waals surface area contributed by atoms with Crippen molar-refractivity contribution < 1.29 is 9.18 Å². The number of carbonyl (C=O) groups is 1. The Balaban J connectivity index is 1.64. The number of carbonyl (C=O) groups excluding carboxylic acids is 1. The zero-order valence-corrected chi connectivity index (χ0v) is 13.4. The van der Waals surface area contributed by atoms with Crippen molar-refractivity contribution >= 4 is 17.2 Å². The maximum Gasteiger partial charge on any atom is 0.272 e. The van der Waals surface area contributed by atoms with Crippen molar-refractivity contribution in [1.29, 1.82) is 0 Å². The third kappa shape index (κ3) is 3.65. The van der Waals surface area contributed by atoms with Gasteiger partial charge < -0.3 is 5.32 Å². The van der Waals surface area contributed by atoms with Gasteiger partial charge in [0, 0.05) is 6.04 Å². The molecule has 0 spiro atoms. The molecule has 0 bridgehead atoms. The zero-order chi connectivity index (χ0) is 16.2. The van der Waals surface area contributed by atoms with E-state index in [1.165, 1.54) is 6.07 Å². The van der Waals surface area contributed by atoms with Gasteiger partial charge >= 0.3 is 0 Å². The van der Waals surface area contributed by atoms with Crippen LogP contribution in [0.3, 0.4) is 0 Å². The Morgan fingerprint density at radius 1 is 1.35 bits per heavy atom. The van der Waals surface area contributed by atoms with Crippen molar-refractivity contribution in [3.05, 3.63) is 64.9 Å². The number of hydrogen-bond acceptors (Lipinski definition) is 3. The van der Waals surface area contributed by atoms with E-state index in [1.54, 1.807) is 35.6 Å². The fraction of sp³-hybridized carbons (Fsp3) is 0.176. The average molecular weight is 329 g/mol. The van der Waals surface area contributed by atoms with Crippen molar-refractivity contribution in [2.75, 3.05) is 0 Å². The number of H-pyrrole nitrogens is 1. The average Bonchev–Trinajstić information content (AvgIpc) is 3.20. The van der Waals surface area contributed by atoms with E-state index < -0.39 is 0 Å². The first-order valence-corrected chi connectivity index (χ1v) is 8.15. The van der Waals surface area contributed by atoms with Crippen LogP contribution in [0.1, 0.15) is 23.0 Å². The molecule has 0 aliphatic rings. The van der Waals surface area contributed by atoms with Gasteiger partial charge in [-0.05, 0) is 42.5 Å². The molecular weight excluding hydrogens is 313 g/mol. The summed E-state index contributed by atoms with van der Waals surface area (Å²) in [5.41, 5.74) is 1.72. The highest BCUT2D eigenvalue weighted by Gasteiger charge is 2.15. The van der Waals surface area contributed by atoms with Crippen molar-refractivity contribution in [3.63, 3.8) is 0 Å².